The highest BCUT2D eigenvalue weighted by Gasteiger charge is 2.09. The fraction of sp³-hybridized carbons (Fsp3) is 1.00. The molecule has 0 radical (unpaired) electrons. The van der Waals surface area contributed by atoms with Crippen LogP contribution in [0.3, 0.4) is 0 Å². The molecular weight excluding hydrogens is 490 g/mol. The Hall–Kier alpha value is 0.170. The maximum Gasteiger partial charge on any atom is 0.164 e. The summed E-state index contributed by atoms with van der Waals surface area (Å²) in [4.78, 5) is 2.28. The summed E-state index contributed by atoms with van der Waals surface area (Å²) in [6.45, 7) is 7.03. The largest absolute Gasteiger partial charge is 0.367 e. The fourth-order valence-electron chi connectivity index (χ4n) is 5.59. The molecule has 0 aromatic rings. The highest BCUT2D eigenvalue weighted by Crippen LogP contribution is 2.15. The Kier molecular flexibility index (Phi) is 37.3. The van der Waals surface area contributed by atoms with E-state index in [1.807, 2.05) is 0 Å². The van der Waals surface area contributed by atoms with Gasteiger partial charge in [-0.3, -0.25) is 4.90 Å². The number of hydrogen-bond donors (Lipinski definition) is 2. The average Bonchev–Trinajstić information content (AvgIpc) is 2.88. The van der Waals surface area contributed by atoms with Gasteiger partial charge in [-0.05, 0) is 25.9 Å². The zero-order chi connectivity index (χ0) is 27.1. The van der Waals surface area contributed by atoms with Gasteiger partial charge >= 0.3 is 0 Å². The van der Waals surface area contributed by atoms with Gasteiger partial charge in [0.05, 0.1) is 0 Å². The quantitative estimate of drug-likeness (QED) is 0.0633. The zero-order valence-electron chi connectivity index (χ0n) is 26.2. The second-order valence-electron chi connectivity index (χ2n) is 12.0. The molecule has 0 rings (SSSR count). The van der Waals surface area contributed by atoms with Crippen molar-refractivity contribution in [2.24, 2.45) is 0 Å². The summed E-state index contributed by atoms with van der Waals surface area (Å²) < 4.78 is 0. The Bertz CT molecular complexity index is 376. The number of rotatable bonds is 32. The zero-order valence-corrected chi connectivity index (χ0v) is 27.1. The Labute approximate surface area is 246 Å². The van der Waals surface area contributed by atoms with Crippen molar-refractivity contribution < 1.29 is 10.2 Å². The summed E-state index contributed by atoms with van der Waals surface area (Å²) in [5, 5.41) is 18.9. The molecule has 0 unspecified atom stereocenters. The standard InChI is InChI=1S/C34H71NO2.ClH/c1-3-5-7-9-11-13-15-17-19-21-23-25-27-29-31-35(33-34(36)37)32-30-28-26-24-22-20-18-16-14-12-10-8-6-4-2;/h34,36-37H,3-33H2,1-2H3;1H. The highest BCUT2D eigenvalue weighted by molar-refractivity contribution is 5.85. The predicted octanol–water partition coefficient (Wildman–Crippen LogP) is 11.0. The summed E-state index contributed by atoms with van der Waals surface area (Å²) in [7, 11) is 0. The molecule has 0 aromatic heterocycles. The van der Waals surface area contributed by atoms with E-state index in [2.05, 4.69) is 18.7 Å². The lowest BCUT2D eigenvalue weighted by Gasteiger charge is -2.23. The van der Waals surface area contributed by atoms with Crippen molar-refractivity contribution in [1.29, 1.82) is 0 Å². The van der Waals surface area contributed by atoms with Crippen LogP contribution in [0.1, 0.15) is 194 Å². The monoisotopic (exact) mass is 562 g/mol. The van der Waals surface area contributed by atoms with E-state index < -0.39 is 6.29 Å². The van der Waals surface area contributed by atoms with Crippen molar-refractivity contribution in [2.75, 3.05) is 19.6 Å². The third kappa shape index (κ3) is 34.2. The van der Waals surface area contributed by atoms with Crippen LogP contribution >= 0.6 is 12.4 Å². The minimum atomic E-state index is -1.20. The number of aliphatic hydroxyl groups is 2. The molecule has 0 atom stereocenters. The number of unbranched alkanes of at least 4 members (excludes halogenated alkanes) is 26. The lowest BCUT2D eigenvalue weighted by atomic mass is 10.0. The Morgan fingerprint density at radius 3 is 0.789 bits per heavy atom. The van der Waals surface area contributed by atoms with E-state index in [1.165, 1.54) is 180 Å². The van der Waals surface area contributed by atoms with Crippen molar-refractivity contribution in [3.8, 4) is 0 Å². The Morgan fingerprint density at radius 1 is 0.368 bits per heavy atom. The molecule has 2 N–H and O–H groups in total. The van der Waals surface area contributed by atoms with Gasteiger partial charge in [-0.2, -0.15) is 0 Å². The van der Waals surface area contributed by atoms with Gasteiger partial charge in [-0.15, -0.1) is 12.4 Å². The van der Waals surface area contributed by atoms with Gasteiger partial charge in [0.2, 0.25) is 0 Å². The van der Waals surface area contributed by atoms with Crippen LogP contribution in [-0.4, -0.2) is 41.0 Å². The first-order valence-electron chi connectivity index (χ1n) is 17.3. The van der Waals surface area contributed by atoms with E-state index >= 15 is 0 Å². The van der Waals surface area contributed by atoms with Gasteiger partial charge in [0, 0.05) is 6.54 Å². The predicted molar refractivity (Wildman–Crippen MR) is 173 cm³/mol. The molecule has 0 aromatic carbocycles. The molecule has 0 aliphatic rings. The molecule has 3 nitrogen and oxygen atoms in total. The SMILES string of the molecule is CCCCCCCCCCCCCCCCN(CCCCCCCCCCCCCCCC)CC(O)O.Cl. The van der Waals surface area contributed by atoms with Gasteiger partial charge in [0.1, 0.15) is 0 Å². The average molecular weight is 562 g/mol. The summed E-state index contributed by atoms with van der Waals surface area (Å²) in [5.74, 6) is 0. The summed E-state index contributed by atoms with van der Waals surface area (Å²) in [6, 6.07) is 0. The molecule has 0 aliphatic carbocycles. The Morgan fingerprint density at radius 2 is 0.579 bits per heavy atom. The molecule has 4 heteroatoms. The maximum atomic E-state index is 9.47. The second-order valence-corrected chi connectivity index (χ2v) is 12.0. The molecule has 0 bridgehead atoms. The molecular formula is C34H72ClNO2. The number of aliphatic hydroxyl groups excluding tert-OH is 1. The van der Waals surface area contributed by atoms with Crippen LogP contribution in [0.4, 0.5) is 0 Å². The van der Waals surface area contributed by atoms with Crippen LogP contribution < -0.4 is 0 Å². The van der Waals surface area contributed by atoms with Crippen LogP contribution in [0.25, 0.3) is 0 Å². The van der Waals surface area contributed by atoms with Crippen LogP contribution in [0.5, 0.6) is 0 Å². The van der Waals surface area contributed by atoms with Crippen molar-refractivity contribution >= 4 is 12.4 Å². The molecule has 38 heavy (non-hydrogen) atoms. The third-order valence-corrected chi connectivity index (χ3v) is 8.08. The smallest absolute Gasteiger partial charge is 0.164 e. The van der Waals surface area contributed by atoms with E-state index in [9.17, 15) is 10.2 Å². The van der Waals surface area contributed by atoms with E-state index in [4.69, 9.17) is 0 Å². The number of hydrogen-bond acceptors (Lipinski definition) is 3. The fourth-order valence-corrected chi connectivity index (χ4v) is 5.59. The van der Waals surface area contributed by atoms with E-state index in [1.54, 1.807) is 0 Å². The van der Waals surface area contributed by atoms with Crippen LogP contribution in [0.15, 0.2) is 0 Å². The topological polar surface area (TPSA) is 43.7 Å². The van der Waals surface area contributed by atoms with E-state index in [0.29, 0.717) is 6.54 Å². The highest BCUT2D eigenvalue weighted by atomic mass is 35.5. The molecule has 0 spiro atoms. The van der Waals surface area contributed by atoms with E-state index in [0.717, 1.165) is 13.1 Å². The van der Waals surface area contributed by atoms with Crippen molar-refractivity contribution in [2.45, 2.75) is 200 Å². The van der Waals surface area contributed by atoms with Crippen LogP contribution in [-0.2, 0) is 0 Å². The normalized spacial score (nSPS) is 11.5. The van der Waals surface area contributed by atoms with Crippen molar-refractivity contribution in [3.63, 3.8) is 0 Å². The second kappa shape index (κ2) is 35.2. The molecule has 0 saturated carbocycles. The number of nitrogens with zero attached hydrogens (tertiary/aromatic N) is 1. The maximum absolute atomic E-state index is 9.47. The van der Waals surface area contributed by atoms with E-state index in [-0.39, 0.29) is 12.4 Å². The molecule has 0 saturated heterocycles. The summed E-state index contributed by atoms with van der Waals surface area (Å²) in [5.41, 5.74) is 0. The minimum Gasteiger partial charge on any atom is -0.367 e. The first-order chi connectivity index (χ1) is 18.2. The van der Waals surface area contributed by atoms with Gasteiger partial charge in [-0.1, -0.05) is 181 Å². The molecule has 0 amide bonds. The Balaban J connectivity index is 0. The minimum absolute atomic E-state index is 0. The summed E-state index contributed by atoms with van der Waals surface area (Å²) in [6.07, 6.45) is 37.6. The molecule has 0 heterocycles. The van der Waals surface area contributed by atoms with Crippen molar-refractivity contribution in [3.05, 3.63) is 0 Å². The summed E-state index contributed by atoms with van der Waals surface area (Å²) >= 11 is 0. The van der Waals surface area contributed by atoms with Crippen LogP contribution in [0, 0.1) is 0 Å². The van der Waals surface area contributed by atoms with Gasteiger partial charge < -0.3 is 10.2 Å². The first kappa shape index (κ1) is 40.3. The third-order valence-electron chi connectivity index (χ3n) is 8.08. The van der Waals surface area contributed by atoms with Gasteiger partial charge in [0.15, 0.2) is 6.29 Å². The molecule has 0 fully saturated rings. The first-order valence-corrected chi connectivity index (χ1v) is 17.3. The molecule has 0 aliphatic heterocycles. The molecule has 232 valence electrons. The van der Waals surface area contributed by atoms with Crippen LogP contribution in [0.2, 0.25) is 0 Å². The van der Waals surface area contributed by atoms with Gasteiger partial charge in [-0.25, -0.2) is 0 Å². The lowest BCUT2D eigenvalue weighted by Crippen LogP contribution is -2.34. The number of halogens is 1. The van der Waals surface area contributed by atoms with Crippen molar-refractivity contribution in [1.82, 2.24) is 4.90 Å². The van der Waals surface area contributed by atoms with Gasteiger partial charge in [0.25, 0.3) is 0 Å². The lowest BCUT2D eigenvalue weighted by molar-refractivity contribution is -0.0616.